The largest absolute Gasteiger partial charge is 0.271 e. The summed E-state index contributed by atoms with van der Waals surface area (Å²) in [6, 6.07) is 4.18. The SMILES string of the molecule is CCn1nc(C)c(Cl)c1CC(CCc1cccnc1)NN. The van der Waals surface area contributed by atoms with Crippen molar-refractivity contribution in [3.8, 4) is 0 Å². The maximum atomic E-state index is 6.35. The van der Waals surface area contributed by atoms with Gasteiger partial charge in [0.15, 0.2) is 0 Å². The van der Waals surface area contributed by atoms with E-state index in [4.69, 9.17) is 17.4 Å². The lowest BCUT2D eigenvalue weighted by Crippen LogP contribution is -2.37. The Morgan fingerprint density at radius 1 is 1.48 bits per heavy atom. The summed E-state index contributed by atoms with van der Waals surface area (Å²) in [4.78, 5) is 4.13. The van der Waals surface area contributed by atoms with Gasteiger partial charge in [-0.1, -0.05) is 17.7 Å². The minimum Gasteiger partial charge on any atom is -0.271 e. The van der Waals surface area contributed by atoms with Gasteiger partial charge in [0.05, 0.1) is 16.4 Å². The van der Waals surface area contributed by atoms with Crippen LogP contribution in [0.25, 0.3) is 0 Å². The fourth-order valence-electron chi connectivity index (χ4n) is 2.43. The van der Waals surface area contributed by atoms with Crippen LogP contribution in [0.2, 0.25) is 5.02 Å². The molecule has 2 aromatic heterocycles. The Kier molecular flexibility index (Phi) is 5.73. The van der Waals surface area contributed by atoms with E-state index in [2.05, 4.69) is 28.5 Å². The lowest BCUT2D eigenvalue weighted by atomic mass is 10.0. The van der Waals surface area contributed by atoms with Gasteiger partial charge in [0.2, 0.25) is 0 Å². The van der Waals surface area contributed by atoms with Crippen LogP contribution < -0.4 is 11.3 Å². The number of nitrogens with one attached hydrogen (secondary N) is 1. The molecule has 0 fully saturated rings. The Hall–Kier alpha value is -1.43. The molecule has 2 rings (SSSR count). The summed E-state index contributed by atoms with van der Waals surface area (Å²) in [5, 5.41) is 5.19. The highest BCUT2D eigenvalue weighted by atomic mass is 35.5. The van der Waals surface area contributed by atoms with Gasteiger partial charge in [-0.2, -0.15) is 5.10 Å². The smallest absolute Gasteiger partial charge is 0.0847 e. The number of nitrogens with zero attached hydrogens (tertiary/aromatic N) is 3. The molecule has 0 amide bonds. The molecule has 2 heterocycles. The monoisotopic (exact) mass is 307 g/mol. The normalized spacial score (nSPS) is 12.6. The molecule has 0 bridgehead atoms. The maximum absolute atomic E-state index is 6.35. The Labute approximate surface area is 130 Å². The van der Waals surface area contributed by atoms with Crippen LogP contribution >= 0.6 is 11.6 Å². The summed E-state index contributed by atoms with van der Waals surface area (Å²) in [6.07, 6.45) is 6.29. The topological polar surface area (TPSA) is 68.8 Å². The number of aryl methyl sites for hydroxylation is 3. The Morgan fingerprint density at radius 2 is 2.29 bits per heavy atom. The van der Waals surface area contributed by atoms with Crippen LogP contribution in [-0.2, 0) is 19.4 Å². The van der Waals surface area contributed by atoms with Crippen LogP contribution in [-0.4, -0.2) is 20.8 Å². The van der Waals surface area contributed by atoms with Crippen LogP contribution in [0.3, 0.4) is 0 Å². The van der Waals surface area contributed by atoms with Gasteiger partial charge in [0.25, 0.3) is 0 Å². The zero-order chi connectivity index (χ0) is 15.2. The van der Waals surface area contributed by atoms with Crippen LogP contribution in [0.1, 0.15) is 30.3 Å². The third kappa shape index (κ3) is 4.03. The number of hydrogen-bond donors (Lipinski definition) is 2. The first-order chi connectivity index (χ1) is 10.2. The molecule has 0 aliphatic rings. The van der Waals surface area contributed by atoms with E-state index >= 15 is 0 Å². The molecular formula is C15H22ClN5. The molecule has 2 aromatic rings. The Balaban J connectivity index is 2.02. The second-order valence-corrected chi connectivity index (χ2v) is 5.51. The predicted molar refractivity (Wildman–Crippen MR) is 85.0 cm³/mol. The maximum Gasteiger partial charge on any atom is 0.0847 e. The second-order valence-electron chi connectivity index (χ2n) is 5.13. The van der Waals surface area contributed by atoms with Gasteiger partial charge >= 0.3 is 0 Å². The van der Waals surface area contributed by atoms with Crippen LogP contribution in [0.15, 0.2) is 24.5 Å². The van der Waals surface area contributed by atoms with Crippen molar-refractivity contribution in [2.24, 2.45) is 5.84 Å². The fourth-order valence-corrected chi connectivity index (χ4v) is 2.64. The van der Waals surface area contributed by atoms with E-state index in [0.29, 0.717) is 0 Å². The van der Waals surface area contributed by atoms with Crippen molar-refractivity contribution in [2.45, 2.75) is 45.7 Å². The molecule has 0 aliphatic heterocycles. The number of aromatic nitrogens is 3. The van der Waals surface area contributed by atoms with Gasteiger partial charge in [0, 0.05) is 31.4 Å². The summed E-state index contributed by atoms with van der Waals surface area (Å²) >= 11 is 6.35. The standard InChI is InChI=1S/C15H22ClN5/c1-3-21-14(15(16)11(2)20-21)9-13(19-17)7-6-12-5-4-8-18-10-12/h4-5,8,10,13,19H,3,6-7,9,17H2,1-2H3. The molecule has 1 unspecified atom stereocenters. The summed E-state index contributed by atoms with van der Waals surface area (Å²) < 4.78 is 1.95. The number of hydrazine groups is 1. The zero-order valence-corrected chi connectivity index (χ0v) is 13.3. The van der Waals surface area contributed by atoms with Gasteiger partial charge in [-0.05, 0) is 38.3 Å². The third-order valence-electron chi connectivity index (χ3n) is 3.63. The molecule has 0 aliphatic carbocycles. The molecule has 0 radical (unpaired) electrons. The summed E-state index contributed by atoms with van der Waals surface area (Å²) in [7, 11) is 0. The summed E-state index contributed by atoms with van der Waals surface area (Å²) in [5.41, 5.74) is 6.02. The van der Waals surface area contributed by atoms with E-state index in [-0.39, 0.29) is 6.04 Å². The Morgan fingerprint density at radius 3 is 2.90 bits per heavy atom. The molecule has 21 heavy (non-hydrogen) atoms. The van der Waals surface area contributed by atoms with E-state index in [1.807, 2.05) is 23.9 Å². The summed E-state index contributed by atoms with van der Waals surface area (Å²) in [5.74, 6) is 5.69. The molecule has 3 N–H and O–H groups in total. The van der Waals surface area contributed by atoms with E-state index in [0.717, 1.165) is 42.2 Å². The number of pyridine rings is 1. The number of hydrogen-bond acceptors (Lipinski definition) is 4. The van der Waals surface area contributed by atoms with Crippen LogP contribution in [0.4, 0.5) is 0 Å². The second kappa shape index (κ2) is 7.54. The highest BCUT2D eigenvalue weighted by Gasteiger charge is 2.17. The summed E-state index contributed by atoms with van der Waals surface area (Å²) in [6.45, 7) is 4.80. The first-order valence-electron chi connectivity index (χ1n) is 7.22. The molecule has 0 aromatic carbocycles. The minimum absolute atomic E-state index is 0.157. The van der Waals surface area contributed by atoms with Crippen molar-refractivity contribution in [1.29, 1.82) is 0 Å². The van der Waals surface area contributed by atoms with Gasteiger partial charge in [-0.25, -0.2) is 0 Å². The van der Waals surface area contributed by atoms with E-state index in [1.54, 1.807) is 6.20 Å². The number of nitrogens with two attached hydrogens (primary N) is 1. The van der Waals surface area contributed by atoms with Gasteiger partial charge in [0.1, 0.15) is 0 Å². The minimum atomic E-state index is 0.157. The van der Waals surface area contributed by atoms with Crippen molar-refractivity contribution >= 4 is 11.6 Å². The molecule has 0 saturated carbocycles. The van der Waals surface area contributed by atoms with Gasteiger partial charge < -0.3 is 0 Å². The molecule has 114 valence electrons. The average molecular weight is 308 g/mol. The van der Waals surface area contributed by atoms with Crippen molar-refractivity contribution < 1.29 is 0 Å². The van der Waals surface area contributed by atoms with Crippen LogP contribution in [0.5, 0.6) is 0 Å². The quantitative estimate of drug-likeness (QED) is 0.608. The van der Waals surface area contributed by atoms with Gasteiger partial charge in [-0.15, -0.1) is 0 Å². The Bertz CT molecular complexity index is 567. The van der Waals surface area contributed by atoms with Crippen molar-refractivity contribution in [1.82, 2.24) is 20.2 Å². The van der Waals surface area contributed by atoms with Gasteiger partial charge in [-0.3, -0.25) is 20.9 Å². The molecule has 0 saturated heterocycles. The average Bonchev–Trinajstić information content (AvgIpc) is 2.79. The molecule has 0 spiro atoms. The third-order valence-corrected chi connectivity index (χ3v) is 4.12. The first-order valence-corrected chi connectivity index (χ1v) is 7.60. The lowest BCUT2D eigenvalue weighted by molar-refractivity contribution is 0.471. The highest BCUT2D eigenvalue weighted by Crippen LogP contribution is 2.22. The molecule has 5 nitrogen and oxygen atoms in total. The van der Waals surface area contributed by atoms with Crippen LogP contribution in [0, 0.1) is 6.92 Å². The lowest BCUT2D eigenvalue weighted by Gasteiger charge is -2.16. The van der Waals surface area contributed by atoms with Crippen molar-refractivity contribution in [2.75, 3.05) is 0 Å². The molecular weight excluding hydrogens is 286 g/mol. The fraction of sp³-hybridized carbons (Fsp3) is 0.467. The van der Waals surface area contributed by atoms with E-state index < -0.39 is 0 Å². The van der Waals surface area contributed by atoms with Crippen molar-refractivity contribution in [3.63, 3.8) is 0 Å². The van der Waals surface area contributed by atoms with E-state index in [9.17, 15) is 0 Å². The van der Waals surface area contributed by atoms with E-state index in [1.165, 1.54) is 5.56 Å². The predicted octanol–water partition coefficient (Wildman–Crippen LogP) is 2.27. The first kappa shape index (κ1) is 15.9. The number of halogens is 1. The zero-order valence-electron chi connectivity index (χ0n) is 12.5. The molecule has 6 heteroatoms. The highest BCUT2D eigenvalue weighted by molar-refractivity contribution is 6.31. The number of rotatable bonds is 7. The molecule has 1 atom stereocenters. The van der Waals surface area contributed by atoms with Crippen molar-refractivity contribution in [3.05, 3.63) is 46.5 Å².